The molecule has 11 nitrogen and oxygen atoms in total. The van der Waals surface area contributed by atoms with E-state index in [-0.39, 0.29) is 47.2 Å². The predicted octanol–water partition coefficient (Wildman–Crippen LogP) is 1.70. The van der Waals surface area contributed by atoms with Gasteiger partial charge in [0.1, 0.15) is 28.6 Å². The number of hydrogen-bond acceptors (Lipinski definition) is 9. The van der Waals surface area contributed by atoms with Gasteiger partial charge in [-0.2, -0.15) is 0 Å². The number of nitrogens with one attached hydrogen (secondary N) is 3. The van der Waals surface area contributed by atoms with Crippen molar-refractivity contribution in [1.29, 1.82) is 5.41 Å². The Labute approximate surface area is 202 Å². The maximum absolute atomic E-state index is 12.8. The van der Waals surface area contributed by atoms with Crippen molar-refractivity contribution in [2.75, 3.05) is 26.7 Å². The van der Waals surface area contributed by atoms with Crippen molar-refractivity contribution in [2.24, 2.45) is 5.92 Å². The van der Waals surface area contributed by atoms with E-state index in [2.05, 4.69) is 20.6 Å². The van der Waals surface area contributed by atoms with E-state index in [1.54, 1.807) is 18.0 Å². The highest BCUT2D eigenvalue weighted by molar-refractivity contribution is 6.09. The first kappa shape index (κ1) is 24.1. The summed E-state index contributed by atoms with van der Waals surface area (Å²) in [5, 5.41) is 22.9. The molecule has 0 spiro atoms. The third-order valence-electron chi connectivity index (χ3n) is 6.00. The van der Waals surface area contributed by atoms with Gasteiger partial charge in [-0.25, -0.2) is 9.97 Å². The maximum Gasteiger partial charge on any atom is 0.274 e. The highest BCUT2D eigenvalue weighted by Crippen LogP contribution is 2.46. The van der Waals surface area contributed by atoms with E-state index in [0.29, 0.717) is 25.3 Å². The Morgan fingerprint density at radius 1 is 1.26 bits per heavy atom. The van der Waals surface area contributed by atoms with E-state index < -0.39 is 11.5 Å². The molecule has 35 heavy (non-hydrogen) atoms. The van der Waals surface area contributed by atoms with E-state index >= 15 is 0 Å². The van der Waals surface area contributed by atoms with Crippen molar-refractivity contribution < 1.29 is 24.2 Å². The molecular weight excluding hydrogens is 452 g/mol. The van der Waals surface area contributed by atoms with Gasteiger partial charge in [0, 0.05) is 37.7 Å². The van der Waals surface area contributed by atoms with Gasteiger partial charge in [-0.3, -0.25) is 15.0 Å². The lowest BCUT2D eigenvalue weighted by Gasteiger charge is -2.30. The molecule has 4 rings (SSSR count). The standard InChI is InChI=1S/C24H28N6O5/c1-15-11-24(15,14-31)35-18-9-16(22(32)29-20(25)4-5-26-2)8-17(10-18)34-21-13-27-19(12-28-21)23(33)30-6-3-7-30/h4-5,8-10,12-13,15,26,31H,3,6-7,11,14H2,1-2H3,(H2,25,29,32)/b5-4-. The number of aromatic nitrogens is 2. The maximum atomic E-state index is 12.8. The molecule has 2 unspecified atom stereocenters. The van der Waals surface area contributed by atoms with Crippen LogP contribution in [0, 0.1) is 11.3 Å². The number of carbonyl (C=O) groups excluding carboxylic acids is 2. The zero-order valence-electron chi connectivity index (χ0n) is 19.6. The fourth-order valence-corrected chi connectivity index (χ4v) is 3.59. The lowest BCUT2D eigenvalue weighted by Crippen LogP contribution is -2.42. The first-order valence-corrected chi connectivity index (χ1v) is 11.3. The Bertz CT molecular complexity index is 1140. The normalized spacial score (nSPS) is 20.7. The van der Waals surface area contributed by atoms with Crippen LogP contribution in [0.5, 0.6) is 17.4 Å². The van der Waals surface area contributed by atoms with E-state index in [1.807, 2.05) is 6.92 Å². The predicted molar refractivity (Wildman–Crippen MR) is 127 cm³/mol. The SMILES string of the molecule is CN/C=C\C(=N)NC(=O)c1cc(Oc2cnc(C(=O)N3CCC3)cn2)cc(OC2(CO)CC2C)c1. The summed E-state index contributed by atoms with van der Waals surface area (Å²) in [5.74, 6) is 0.0749. The van der Waals surface area contributed by atoms with Gasteiger partial charge in [0.2, 0.25) is 5.88 Å². The van der Waals surface area contributed by atoms with Crippen molar-refractivity contribution in [3.05, 3.63) is 54.1 Å². The Morgan fingerprint density at radius 2 is 2.00 bits per heavy atom. The number of ether oxygens (including phenoxy) is 2. The number of amides is 2. The molecule has 1 saturated heterocycles. The largest absolute Gasteiger partial charge is 0.484 e. The molecule has 184 valence electrons. The van der Waals surface area contributed by atoms with Gasteiger partial charge in [-0.1, -0.05) is 6.92 Å². The van der Waals surface area contributed by atoms with Crippen LogP contribution < -0.4 is 20.1 Å². The van der Waals surface area contributed by atoms with Gasteiger partial charge < -0.3 is 30.1 Å². The van der Waals surface area contributed by atoms with E-state index in [1.165, 1.54) is 36.8 Å². The van der Waals surface area contributed by atoms with E-state index in [9.17, 15) is 14.7 Å². The van der Waals surface area contributed by atoms with Gasteiger partial charge in [0.25, 0.3) is 11.8 Å². The van der Waals surface area contributed by atoms with E-state index in [0.717, 1.165) is 6.42 Å². The Morgan fingerprint density at radius 3 is 2.57 bits per heavy atom. The van der Waals surface area contributed by atoms with E-state index in [4.69, 9.17) is 14.9 Å². The van der Waals surface area contributed by atoms with Crippen molar-refractivity contribution in [3.8, 4) is 17.4 Å². The molecule has 2 aromatic rings. The second kappa shape index (κ2) is 10.1. The van der Waals surface area contributed by atoms with Crippen LogP contribution in [0.3, 0.4) is 0 Å². The molecule has 2 atom stereocenters. The van der Waals surface area contributed by atoms with Crippen molar-refractivity contribution >= 4 is 17.6 Å². The van der Waals surface area contributed by atoms with Crippen LogP contribution in [0.1, 0.15) is 40.6 Å². The van der Waals surface area contributed by atoms with Crippen LogP contribution >= 0.6 is 0 Å². The number of aliphatic hydroxyl groups excluding tert-OH is 1. The van der Waals surface area contributed by atoms with Gasteiger partial charge in [0.15, 0.2) is 0 Å². The van der Waals surface area contributed by atoms with Gasteiger partial charge >= 0.3 is 0 Å². The number of hydrogen-bond donors (Lipinski definition) is 4. The van der Waals surface area contributed by atoms with Crippen LogP contribution in [0.2, 0.25) is 0 Å². The number of likely N-dealkylation sites (tertiary alicyclic amines) is 1. The Kier molecular flexibility index (Phi) is 6.97. The zero-order valence-corrected chi connectivity index (χ0v) is 19.6. The number of nitrogens with zero attached hydrogens (tertiary/aromatic N) is 3. The van der Waals surface area contributed by atoms with Crippen molar-refractivity contribution in [2.45, 2.75) is 25.4 Å². The topological polar surface area (TPSA) is 150 Å². The first-order valence-electron chi connectivity index (χ1n) is 11.3. The lowest BCUT2D eigenvalue weighted by atomic mass is 10.1. The molecule has 2 fully saturated rings. The average molecular weight is 481 g/mol. The van der Waals surface area contributed by atoms with Gasteiger partial charge in [-0.15, -0.1) is 0 Å². The number of amidine groups is 1. The Balaban J connectivity index is 1.55. The third-order valence-corrected chi connectivity index (χ3v) is 6.00. The highest BCUT2D eigenvalue weighted by Gasteiger charge is 2.53. The summed E-state index contributed by atoms with van der Waals surface area (Å²) < 4.78 is 11.8. The molecule has 1 saturated carbocycles. The van der Waals surface area contributed by atoms with Crippen LogP contribution in [-0.4, -0.2) is 70.0 Å². The van der Waals surface area contributed by atoms with Crippen LogP contribution in [-0.2, 0) is 0 Å². The summed E-state index contributed by atoms with van der Waals surface area (Å²) >= 11 is 0. The number of rotatable bonds is 9. The summed E-state index contributed by atoms with van der Waals surface area (Å²) in [4.78, 5) is 35.1. The van der Waals surface area contributed by atoms with Gasteiger partial charge in [-0.05, 0) is 37.3 Å². The third kappa shape index (κ3) is 5.57. The zero-order chi connectivity index (χ0) is 25.0. The second-order valence-electron chi connectivity index (χ2n) is 8.60. The molecule has 2 amide bonds. The smallest absolute Gasteiger partial charge is 0.274 e. The summed E-state index contributed by atoms with van der Waals surface area (Å²) in [5.41, 5.74) is -0.276. The minimum absolute atomic E-state index is 0.103. The van der Waals surface area contributed by atoms with Crippen molar-refractivity contribution in [3.63, 3.8) is 0 Å². The number of aliphatic hydroxyl groups is 1. The lowest BCUT2D eigenvalue weighted by molar-refractivity contribution is 0.0645. The molecule has 4 N–H and O–H groups in total. The highest BCUT2D eigenvalue weighted by atomic mass is 16.5. The van der Waals surface area contributed by atoms with Crippen LogP contribution in [0.25, 0.3) is 0 Å². The molecule has 1 aliphatic heterocycles. The van der Waals surface area contributed by atoms with Crippen LogP contribution in [0.15, 0.2) is 42.9 Å². The summed E-state index contributed by atoms with van der Waals surface area (Å²) in [7, 11) is 1.68. The van der Waals surface area contributed by atoms with Crippen molar-refractivity contribution in [1.82, 2.24) is 25.5 Å². The summed E-state index contributed by atoms with van der Waals surface area (Å²) in [6, 6.07) is 4.60. The molecule has 0 radical (unpaired) electrons. The number of benzene rings is 1. The minimum Gasteiger partial charge on any atom is -0.484 e. The fraction of sp³-hybridized carbons (Fsp3) is 0.375. The van der Waals surface area contributed by atoms with Crippen LogP contribution in [0.4, 0.5) is 0 Å². The monoisotopic (exact) mass is 480 g/mol. The summed E-state index contributed by atoms with van der Waals surface area (Å²) in [6.07, 6.45) is 7.29. The molecule has 1 aromatic heterocycles. The van der Waals surface area contributed by atoms with Gasteiger partial charge in [0.05, 0.1) is 19.0 Å². The fourth-order valence-electron chi connectivity index (χ4n) is 3.59. The molecule has 2 aliphatic rings. The Hall–Kier alpha value is -3.99. The second-order valence-corrected chi connectivity index (χ2v) is 8.60. The average Bonchev–Trinajstić information content (AvgIpc) is 3.45. The molecule has 1 aliphatic carbocycles. The molecule has 2 heterocycles. The quantitative estimate of drug-likeness (QED) is 0.313. The summed E-state index contributed by atoms with van der Waals surface area (Å²) in [6.45, 7) is 3.25. The number of carbonyl (C=O) groups is 2. The molecule has 0 bridgehead atoms. The molecular formula is C24H28N6O5. The minimum atomic E-state index is -0.701. The molecule has 11 heteroatoms. The first-order chi connectivity index (χ1) is 16.8. The molecule has 1 aromatic carbocycles.